The Hall–Kier alpha value is -1.64. The van der Waals surface area contributed by atoms with Crippen LogP contribution in [0.25, 0.3) is 11.0 Å². The number of halogens is 1. The second kappa shape index (κ2) is 4.48. The molecule has 1 fully saturated rings. The van der Waals surface area contributed by atoms with Crippen LogP contribution >= 0.6 is 22.6 Å². The third-order valence-electron chi connectivity index (χ3n) is 3.20. The molecule has 3 rings (SSSR count). The molecular weight excluding hydrogens is 359 g/mol. The number of nitrogens with two attached hydrogens (primary N) is 1. The molecular formula is C12H11IN4O2. The maximum Gasteiger partial charge on any atom is 0.249 e. The van der Waals surface area contributed by atoms with Crippen LogP contribution in [0.3, 0.4) is 0 Å². The number of fused-ring (bicyclic) bond motifs is 1. The first-order chi connectivity index (χ1) is 9.06. The average molecular weight is 370 g/mol. The first-order valence-corrected chi connectivity index (χ1v) is 6.91. The van der Waals surface area contributed by atoms with Crippen LogP contribution in [0.15, 0.2) is 18.2 Å². The molecule has 1 aliphatic heterocycles. The summed E-state index contributed by atoms with van der Waals surface area (Å²) in [5, 5.41) is 2.34. The molecule has 1 unspecified atom stereocenters. The van der Waals surface area contributed by atoms with Gasteiger partial charge in [-0.2, -0.15) is 0 Å². The van der Waals surface area contributed by atoms with Crippen LogP contribution in [0.2, 0.25) is 0 Å². The number of imide groups is 1. The maximum absolute atomic E-state index is 11.9. The number of nitrogens with one attached hydrogen (secondary N) is 1. The van der Waals surface area contributed by atoms with E-state index in [9.17, 15) is 9.59 Å². The first kappa shape index (κ1) is 12.4. The number of benzene rings is 1. The lowest BCUT2D eigenvalue weighted by molar-refractivity contribution is -0.135. The Kier molecular flexibility index (Phi) is 2.92. The van der Waals surface area contributed by atoms with Crippen LogP contribution in [0, 0.1) is 3.57 Å². The molecule has 1 aliphatic rings. The minimum atomic E-state index is -0.470. The summed E-state index contributed by atoms with van der Waals surface area (Å²) < 4.78 is 2.76. The van der Waals surface area contributed by atoms with Gasteiger partial charge in [0.05, 0.1) is 11.0 Å². The summed E-state index contributed by atoms with van der Waals surface area (Å²) in [5.41, 5.74) is 7.49. The van der Waals surface area contributed by atoms with Crippen molar-refractivity contribution in [2.75, 3.05) is 5.73 Å². The van der Waals surface area contributed by atoms with Crippen molar-refractivity contribution < 1.29 is 9.59 Å². The van der Waals surface area contributed by atoms with E-state index in [1.54, 1.807) is 4.57 Å². The van der Waals surface area contributed by atoms with Crippen molar-refractivity contribution in [3.8, 4) is 0 Å². The second-order valence-corrected chi connectivity index (χ2v) is 5.69. The average Bonchev–Trinajstić information content (AvgIpc) is 2.65. The molecule has 0 spiro atoms. The van der Waals surface area contributed by atoms with Gasteiger partial charge in [0.2, 0.25) is 17.8 Å². The fraction of sp³-hybridized carbons (Fsp3) is 0.250. The van der Waals surface area contributed by atoms with Gasteiger partial charge in [0, 0.05) is 9.99 Å². The van der Waals surface area contributed by atoms with E-state index in [-0.39, 0.29) is 11.8 Å². The summed E-state index contributed by atoms with van der Waals surface area (Å²) in [4.78, 5) is 27.4. The highest BCUT2D eigenvalue weighted by Gasteiger charge is 2.30. The summed E-state index contributed by atoms with van der Waals surface area (Å²) in [6, 6.07) is 5.27. The van der Waals surface area contributed by atoms with Gasteiger partial charge in [-0.1, -0.05) is 0 Å². The van der Waals surface area contributed by atoms with E-state index < -0.39 is 6.04 Å². The predicted octanol–water partition coefficient (Wildman–Crippen LogP) is 1.20. The van der Waals surface area contributed by atoms with Gasteiger partial charge in [0.25, 0.3) is 0 Å². The highest BCUT2D eigenvalue weighted by atomic mass is 127. The van der Waals surface area contributed by atoms with Crippen molar-refractivity contribution in [3.63, 3.8) is 0 Å². The molecule has 1 aromatic carbocycles. The number of nitrogen functional groups attached to an aromatic ring is 1. The Labute approximate surface area is 122 Å². The van der Waals surface area contributed by atoms with E-state index in [4.69, 9.17) is 5.73 Å². The van der Waals surface area contributed by atoms with E-state index in [0.717, 1.165) is 14.6 Å². The van der Waals surface area contributed by atoms with Crippen molar-refractivity contribution in [1.82, 2.24) is 14.9 Å². The molecule has 0 radical (unpaired) electrons. The number of hydrogen-bond donors (Lipinski definition) is 2. The molecule has 3 N–H and O–H groups in total. The number of aromatic nitrogens is 2. The van der Waals surface area contributed by atoms with Crippen molar-refractivity contribution in [2.45, 2.75) is 18.9 Å². The molecule has 98 valence electrons. The summed E-state index contributed by atoms with van der Waals surface area (Å²) in [5.74, 6) is -0.258. The second-order valence-electron chi connectivity index (χ2n) is 4.44. The van der Waals surface area contributed by atoms with Crippen molar-refractivity contribution in [3.05, 3.63) is 21.8 Å². The van der Waals surface area contributed by atoms with Crippen molar-refractivity contribution in [2.24, 2.45) is 0 Å². The van der Waals surface area contributed by atoms with Gasteiger partial charge in [-0.15, -0.1) is 0 Å². The molecule has 2 aromatic rings. The Morgan fingerprint density at radius 2 is 2.21 bits per heavy atom. The Bertz CT molecular complexity index is 694. The van der Waals surface area contributed by atoms with Crippen LogP contribution in [0.4, 0.5) is 5.95 Å². The lowest BCUT2D eigenvalue weighted by Gasteiger charge is -2.23. The number of piperidine rings is 1. The number of carbonyl (C=O) groups is 2. The van der Waals surface area contributed by atoms with Gasteiger partial charge in [-0.25, -0.2) is 4.98 Å². The monoisotopic (exact) mass is 370 g/mol. The number of nitrogens with zero attached hydrogens (tertiary/aromatic N) is 2. The van der Waals surface area contributed by atoms with E-state index in [2.05, 4.69) is 32.9 Å². The van der Waals surface area contributed by atoms with Gasteiger partial charge < -0.3 is 5.73 Å². The van der Waals surface area contributed by atoms with E-state index in [1.807, 2.05) is 18.2 Å². The van der Waals surface area contributed by atoms with Crippen LogP contribution < -0.4 is 11.1 Å². The molecule has 19 heavy (non-hydrogen) atoms. The molecule has 2 amide bonds. The predicted molar refractivity (Wildman–Crippen MR) is 78.3 cm³/mol. The van der Waals surface area contributed by atoms with E-state index in [0.29, 0.717) is 18.8 Å². The van der Waals surface area contributed by atoms with Gasteiger partial charge >= 0.3 is 0 Å². The molecule has 1 atom stereocenters. The van der Waals surface area contributed by atoms with Crippen LogP contribution in [0.1, 0.15) is 18.9 Å². The normalized spacial score (nSPS) is 19.7. The molecule has 2 heterocycles. The largest absolute Gasteiger partial charge is 0.369 e. The topological polar surface area (TPSA) is 90.0 Å². The molecule has 0 saturated carbocycles. The zero-order valence-corrected chi connectivity index (χ0v) is 12.0. The molecule has 0 bridgehead atoms. The number of amides is 2. The summed E-state index contributed by atoms with van der Waals surface area (Å²) in [7, 11) is 0. The number of imidazole rings is 1. The Morgan fingerprint density at radius 3 is 2.95 bits per heavy atom. The number of anilines is 1. The summed E-state index contributed by atoms with van der Waals surface area (Å²) in [6.07, 6.45) is 0.770. The molecule has 1 saturated heterocycles. The van der Waals surface area contributed by atoms with E-state index in [1.165, 1.54) is 0 Å². The third-order valence-corrected chi connectivity index (χ3v) is 3.87. The number of carbonyl (C=O) groups excluding carboxylic acids is 2. The first-order valence-electron chi connectivity index (χ1n) is 5.83. The smallest absolute Gasteiger partial charge is 0.249 e. The minimum Gasteiger partial charge on any atom is -0.369 e. The molecule has 7 heteroatoms. The Balaban J connectivity index is 2.12. The molecule has 1 aromatic heterocycles. The number of hydrogen-bond acceptors (Lipinski definition) is 4. The summed E-state index contributed by atoms with van der Waals surface area (Å²) in [6.45, 7) is 0. The van der Waals surface area contributed by atoms with Gasteiger partial charge in [0.1, 0.15) is 6.04 Å². The quantitative estimate of drug-likeness (QED) is 0.583. The van der Waals surface area contributed by atoms with Gasteiger partial charge in [-0.05, 0) is 47.2 Å². The highest BCUT2D eigenvalue weighted by molar-refractivity contribution is 14.1. The third kappa shape index (κ3) is 2.07. The molecule has 0 aliphatic carbocycles. The summed E-state index contributed by atoms with van der Waals surface area (Å²) >= 11 is 2.20. The Morgan fingerprint density at radius 1 is 1.42 bits per heavy atom. The SMILES string of the molecule is Nc1nc2cc(I)ccc2n1C1CCC(=O)NC1=O. The van der Waals surface area contributed by atoms with Crippen molar-refractivity contribution in [1.29, 1.82) is 0 Å². The maximum atomic E-state index is 11.9. The zero-order valence-electron chi connectivity index (χ0n) is 9.89. The number of rotatable bonds is 1. The fourth-order valence-corrected chi connectivity index (χ4v) is 2.82. The minimum absolute atomic E-state index is 0.237. The van der Waals surface area contributed by atoms with Crippen LogP contribution in [0.5, 0.6) is 0 Å². The van der Waals surface area contributed by atoms with E-state index >= 15 is 0 Å². The van der Waals surface area contributed by atoms with Crippen LogP contribution in [-0.2, 0) is 9.59 Å². The van der Waals surface area contributed by atoms with Gasteiger partial charge in [-0.3, -0.25) is 19.5 Å². The van der Waals surface area contributed by atoms with Gasteiger partial charge in [0.15, 0.2) is 0 Å². The van der Waals surface area contributed by atoms with Crippen LogP contribution in [-0.4, -0.2) is 21.4 Å². The standard InChI is InChI=1S/C12H11IN4O2/c13-6-1-2-8-7(5-6)15-12(14)17(8)9-3-4-10(18)16-11(9)19/h1-2,5,9H,3-4H2,(H2,14,15)(H,16,18,19). The zero-order chi connectivity index (χ0) is 13.6. The fourth-order valence-electron chi connectivity index (χ4n) is 2.35. The van der Waals surface area contributed by atoms with Crippen molar-refractivity contribution >= 4 is 51.4 Å². The highest BCUT2D eigenvalue weighted by Crippen LogP contribution is 2.28. The molecule has 6 nitrogen and oxygen atoms in total. The lowest BCUT2D eigenvalue weighted by Crippen LogP contribution is -2.41. The lowest BCUT2D eigenvalue weighted by atomic mass is 10.1.